The van der Waals surface area contributed by atoms with Crippen molar-refractivity contribution in [1.82, 2.24) is 15.1 Å². The quantitative estimate of drug-likeness (QED) is 0.0450. The zero-order valence-electron chi connectivity index (χ0n) is 23.1. The Kier molecular flexibility index (Phi) is 10.6. The molecule has 11 nitrogen and oxygen atoms in total. The van der Waals surface area contributed by atoms with Gasteiger partial charge in [0.1, 0.15) is 19.0 Å². The van der Waals surface area contributed by atoms with Crippen LogP contribution in [0.1, 0.15) is 58.3 Å². The molecular weight excluding hydrogens is 558 g/mol. The van der Waals surface area contributed by atoms with Crippen LogP contribution >= 0.6 is 11.6 Å². The summed E-state index contributed by atoms with van der Waals surface area (Å²) in [6.07, 6.45) is 2.68. The summed E-state index contributed by atoms with van der Waals surface area (Å²) >= 11 is 6.56. The third kappa shape index (κ3) is 7.50. The standard InChI is InChI=1S/C30H32ClN7O4/c1-2-3-8-27-34-28(31)26(19-41-30(39)23-15-11-21(12-16-23)18-42-37-40)38(27)17-20-9-13-22(14-10-20)24-6-4-5-7-25(24)29(32)35-36-33/h4-7,9-16,36H,2-3,8,17-19,33H2,1H3,(H2,32,35). The van der Waals surface area contributed by atoms with E-state index in [0.717, 1.165) is 47.3 Å². The predicted molar refractivity (Wildman–Crippen MR) is 161 cm³/mol. The molecule has 0 saturated carbocycles. The second-order valence-electron chi connectivity index (χ2n) is 9.44. The molecule has 218 valence electrons. The van der Waals surface area contributed by atoms with Crippen LogP contribution in [0, 0.1) is 4.91 Å². The first-order chi connectivity index (χ1) is 20.4. The monoisotopic (exact) mass is 589 g/mol. The van der Waals surface area contributed by atoms with Gasteiger partial charge in [0.25, 0.3) is 0 Å². The number of carbonyl (C=O) groups excluding carboxylic acids is 1. The van der Waals surface area contributed by atoms with Crippen molar-refractivity contribution in [2.24, 2.45) is 22.0 Å². The number of nitrogens with two attached hydrogens (primary N) is 2. The van der Waals surface area contributed by atoms with Crippen molar-refractivity contribution in [1.29, 1.82) is 0 Å². The summed E-state index contributed by atoms with van der Waals surface area (Å²) in [6.45, 7) is 2.58. The number of hydrazine groups is 1. The fourth-order valence-corrected chi connectivity index (χ4v) is 4.72. The maximum absolute atomic E-state index is 12.8. The van der Waals surface area contributed by atoms with Crippen molar-refractivity contribution >= 4 is 23.4 Å². The Morgan fingerprint density at radius 2 is 1.74 bits per heavy atom. The molecule has 0 fully saturated rings. The van der Waals surface area contributed by atoms with Crippen LogP contribution in [-0.2, 0) is 35.8 Å². The van der Waals surface area contributed by atoms with Crippen LogP contribution in [0.5, 0.6) is 0 Å². The van der Waals surface area contributed by atoms with Crippen LogP contribution in [0.3, 0.4) is 0 Å². The first-order valence-corrected chi connectivity index (χ1v) is 13.7. The molecule has 0 spiro atoms. The number of rotatable bonds is 14. The number of unbranched alkanes of at least 4 members (excludes halogenated alkanes) is 1. The maximum Gasteiger partial charge on any atom is 0.338 e. The Labute approximate surface area is 248 Å². The topological polar surface area (TPSA) is 159 Å². The molecule has 0 unspecified atom stereocenters. The Balaban J connectivity index is 1.54. The highest BCUT2D eigenvalue weighted by atomic mass is 35.5. The number of aryl methyl sites for hydroxylation is 1. The van der Waals surface area contributed by atoms with Gasteiger partial charge in [-0.25, -0.2) is 21.2 Å². The molecule has 3 aromatic carbocycles. The van der Waals surface area contributed by atoms with Gasteiger partial charge in [0.2, 0.25) is 0 Å². The van der Waals surface area contributed by atoms with Crippen molar-refractivity contribution in [3.05, 3.63) is 117 Å². The van der Waals surface area contributed by atoms with Gasteiger partial charge in [-0.3, -0.25) is 0 Å². The maximum atomic E-state index is 12.8. The van der Waals surface area contributed by atoms with E-state index in [2.05, 4.69) is 32.7 Å². The van der Waals surface area contributed by atoms with Crippen molar-refractivity contribution in [3.8, 4) is 11.1 Å². The third-order valence-electron chi connectivity index (χ3n) is 6.66. The number of hydrogen-bond donors (Lipinski definition) is 3. The van der Waals surface area contributed by atoms with Crippen LogP contribution in [-0.4, -0.2) is 21.4 Å². The highest BCUT2D eigenvalue weighted by Crippen LogP contribution is 2.26. The minimum absolute atomic E-state index is 0.0235. The SMILES string of the molecule is CCCCc1nc(Cl)c(COC(=O)c2ccc(CON=O)cc2)n1Cc1ccc(-c2ccccc2/C(N)=N/NN)cc1. The average molecular weight is 590 g/mol. The van der Waals surface area contributed by atoms with E-state index >= 15 is 0 Å². The van der Waals surface area contributed by atoms with E-state index < -0.39 is 5.97 Å². The average Bonchev–Trinajstić information content (AvgIpc) is 3.31. The largest absolute Gasteiger partial charge is 0.456 e. The molecule has 0 aliphatic carbocycles. The van der Waals surface area contributed by atoms with Crippen LogP contribution in [0.2, 0.25) is 5.15 Å². The first-order valence-electron chi connectivity index (χ1n) is 13.4. The van der Waals surface area contributed by atoms with E-state index in [1.54, 1.807) is 24.3 Å². The van der Waals surface area contributed by atoms with Crippen LogP contribution in [0.25, 0.3) is 11.1 Å². The van der Waals surface area contributed by atoms with Crippen LogP contribution in [0.15, 0.2) is 83.2 Å². The molecule has 4 aromatic rings. The smallest absolute Gasteiger partial charge is 0.338 e. The van der Waals surface area contributed by atoms with Crippen LogP contribution < -0.4 is 17.1 Å². The summed E-state index contributed by atoms with van der Waals surface area (Å²) in [5.74, 6) is 5.92. The summed E-state index contributed by atoms with van der Waals surface area (Å²) in [6, 6.07) is 22.3. The normalized spacial score (nSPS) is 11.3. The Morgan fingerprint density at radius 1 is 1.02 bits per heavy atom. The highest BCUT2D eigenvalue weighted by Gasteiger charge is 2.19. The second-order valence-corrected chi connectivity index (χ2v) is 9.80. The molecule has 0 aliphatic rings. The molecule has 0 atom stereocenters. The van der Waals surface area contributed by atoms with Gasteiger partial charge in [0, 0.05) is 18.5 Å². The molecule has 12 heteroatoms. The van der Waals surface area contributed by atoms with E-state index in [0.29, 0.717) is 28.5 Å². The minimum atomic E-state index is -0.509. The number of amidine groups is 1. The molecule has 1 aromatic heterocycles. The minimum Gasteiger partial charge on any atom is -0.456 e. The van der Waals surface area contributed by atoms with Crippen molar-refractivity contribution in [2.45, 2.75) is 45.9 Å². The molecule has 0 radical (unpaired) electrons. The van der Waals surface area contributed by atoms with Gasteiger partial charge in [-0.2, -0.15) is 0 Å². The number of nitrogens with one attached hydrogen (secondary N) is 1. The van der Waals surface area contributed by atoms with E-state index in [1.807, 2.05) is 53.1 Å². The molecule has 1 heterocycles. The van der Waals surface area contributed by atoms with Crippen molar-refractivity contribution in [2.75, 3.05) is 0 Å². The highest BCUT2D eigenvalue weighted by molar-refractivity contribution is 6.30. The summed E-state index contributed by atoms with van der Waals surface area (Å²) < 4.78 is 7.64. The van der Waals surface area contributed by atoms with Gasteiger partial charge < -0.3 is 19.9 Å². The fourth-order valence-electron chi connectivity index (χ4n) is 4.47. The summed E-state index contributed by atoms with van der Waals surface area (Å²) in [7, 11) is 0. The Bertz CT molecular complexity index is 1540. The number of aromatic nitrogens is 2. The summed E-state index contributed by atoms with van der Waals surface area (Å²) in [5.41, 5.74) is 13.7. The lowest BCUT2D eigenvalue weighted by Crippen LogP contribution is -2.23. The van der Waals surface area contributed by atoms with E-state index in [4.69, 9.17) is 27.9 Å². The van der Waals surface area contributed by atoms with Gasteiger partial charge >= 0.3 is 5.97 Å². The summed E-state index contributed by atoms with van der Waals surface area (Å²) in [4.78, 5) is 32.0. The number of benzene rings is 3. The number of carbonyl (C=O) groups is 1. The fraction of sp³-hybridized carbons (Fsp3) is 0.233. The van der Waals surface area contributed by atoms with Gasteiger partial charge in [-0.1, -0.05) is 85.6 Å². The molecule has 0 bridgehead atoms. The molecule has 0 amide bonds. The lowest BCUT2D eigenvalue weighted by molar-refractivity contribution is 0.0463. The van der Waals surface area contributed by atoms with E-state index in [9.17, 15) is 9.70 Å². The lowest BCUT2D eigenvalue weighted by Gasteiger charge is -2.14. The number of hydrogen-bond acceptors (Lipinski definition) is 9. The Hall–Kier alpha value is -4.74. The number of hydrazone groups is 1. The molecule has 42 heavy (non-hydrogen) atoms. The zero-order chi connectivity index (χ0) is 29.9. The van der Waals surface area contributed by atoms with Gasteiger partial charge in [0.05, 0.1) is 11.3 Å². The summed E-state index contributed by atoms with van der Waals surface area (Å²) in [5, 5.41) is 6.59. The number of nitrogens with zero attached hydrogens (tertiary/aromatic N) is 4. The number of ether oxygens (including phenoxy) is 1. The lowest BCUT2D eigenvalue weighted by atomic mass is 9.98. The molecule has 4 rings (SSSR count). The van der Waals surface area contributed by atoms with Crippen molar-refractivity contribution < 1.29 is 14.4 Å². The van der Waals surface area contributed by atoms with Gasteiger partial charge in [0.15, 0.2) is 16.3 Å². The zero-order valence-corrected chi connectivity index (χ0v) is 23.9. The van der Waals surface area contributed by atoms with Gasteiger partial charge in [-0.15, -0.1) is 10.0 Å². The first kappa shape index (κ1) is 30.2. The molecular formula is C30H32ClN7O4. The molecule has 0 saturated heterocycles. The number of imidazole rings is 1. The third-order valence-corrected chi connectivity index (χ3v) is 6.97. The van der Waals surface area contributed by atoms with Crippen molar-refractivity contribution in [3.63, 3.8) is 0 Å². The predicted octanol–water partition coefficient (Wildman–Crippen LogP) is 5.23. The van der Waals surface area contributed by atoms with Crippen LogP contribution in [0.4, 0.5) is 0 Å². The molecule has 0 aliphatic heterocycles. The number of halogens is 1. The number of esters is 1. The van der Waals surface area contributed by atoms with E-state index in [1.165, 1.54) is 0 Å². The van der Waals surface area contributed by atoms with Gasteiger partial charge in [-0.05, 0) is 40.8 Å². The Morgan fingerprint density at radius 3 is 2.43 bits per heavy atom. The molecule has 5 N–H and O–H groups in total. The second kappa shape index (κ2) is 14.8. The van der Waals surface area contributed by atoms with E-state index in [-0.39, 0.29) is 19.0 Å².